The minimum Gasteiger partial charge on any atom is -0.488 e. The van der Waals surface area contributed by atoms with Crippen LogP contribution < -0.4 is 10.5 Å². The fraction of sp³-hybridized carbons (Fsp3) is 0.233. The van der Waals surface area contributed by atoms with Crippen LogP contribution in [0, 0.1) is 0 Å². The van der Waals surface area contributed by atoms with E-state index in [1.807, 2.05) is 48.5 Å². The van der Waals surface area contributed by atoms with Gasteiger partial charge in [0.2, 0.25) is 0 Å². The first-order valence-corrected chi connectivity index (χ1v) is 12.2. The number of fused-ring (bicyclic) bond motifs is 2. The van der Waals surface area contributed by atoms with Crippen molar-refractivity contribution in [1.82, 2.24) is 0 Å². The Morgan fingerprint density at radius 1 is 1.00 bits per heavy atom. The highest BCUT2D eigenvalue weighted by Crippen LogP contribution is 2.35. The number of carbonyl (C=O) groups excluding carboxylic acids is 1. The molecule has 0 aliphatic heterocycles. The van der Waals surface area contributed by atoms with E-state index in [0.717, 1.165) is 44.2 Å². The predicted octanol–water partition coefficient (Wildman–Crippen LogP) is 6.00. The van der Waals surface area contributed by atoms with Gasteiger partial charge in [0.1, 0.15) is 29.6 Å². The van der Waals surface area contributed by atoms with Gasteiger partial charge in [0.15, 0.2) is 0 Å². The first-order chi connectivity index (χ1) is 18.1. The molecule has 7 heteroatoms. The second-order valence-corrected chi connectivity index (χ2v) is 8.99. The van der Waals surface area contributed by atoms with Crippen molar-refractivity contribution < 1.29 is 27.8 Å². The van der Waals surface area contributed by atoms with Gasteiger partial charge >= 0.3 is 5.97 Å². The van der Waals surface area contributed by atoms with Crippen molar-refractivity contribution in [2.24, 2.45) is 5.73 Å². The third-order valence-corrected chi connectivity index (χ3v) is 6.20. The van der Waals surface area contributed by atoms with Gasteiger partial charge in [-0.25, -0.2) is 0 Å². The Balaban J connectivity index is 1.44. The standard InChI is InChI=1S/C30H29NO6/c1-19(17-33-2)37-28(32)15-23-6-7-27-25(9-11-34-27)29(23)36-18-21-13-24-8-10-35-30(24)26(14-21)22-5-3-4-20(12-22)16-31/h3-14,19H,15-18,31H2,1-2H3. The fourth-order valence-corrected chi connectivity index (χ4v) is 4.53. The molecule has 0 aliphatic carbocycles. The zero-order valence-corrected chi connectivity index (χ0v) is 20.9. The molecule has 1 atom stereocenters. The van der Waals surface area contributed by atoms with Gasteiger partial charge in [0.05, 0.1) is 30.9 Å². The zero-order chi connectivity index (χ0) is 25.8. The number of esters is 1. The third-order valence-electron chi connectivity index (χ3n) is 6.20. The summed E-state index contributed by atoms with van der Waals surface area (Å²) in [5.74, 6) is 0.251. The van der Waals surface area contributed by atoms with Gasteiger partial charge in [-0.2, -0.15) is 0 Å². The molecular weight excluding hydrogens is 470 g/mol. The molecule has 0 saturated carbocycles. The molecule has 190 valence electrons. The maximum atomic E-state index is 12.6. The first-order valence-electron chi connectivity index (χ1n) is 12.2. The quantitative estimate of drug-likeness (QED) is 0.235. The van der Waals surface area contributed by atoms with Crippen LogP contribution in [0.2, 0.25) is 0 Å². The predicted molar refractivity (Wildman–Crippen MR) is 141 cm³/mol. The van der Waals surface area contributed by atoms with E-state index in [1.165, 1.54) is 0 Å². The maximum Gasteiger partial charge on any atom is 0.310 e. The summed E-state index contributed by atoms with van der Waals surface area (Å²) in [6.07, 6.45) is 3.03. The topological polar surface area (TPSA) is 97.1 Å². The largest absolute Gasteiger partial charge is 0.488 e. The number of ether oxygens (including phenoxy) is 3. The van der Waals surface area contributed by atoms with Gasteiger partial charge in [-0.1, -0.05) is 24.3 Å². The van der Waals surface area contributed by atoms with E-state index in [2.05, 4.69) is 12.1 Å². The molecule has 1 unspecified atom stereocenters. The number of methoxy groups -OCH3 is 1. The molecular formula is C30H29NO6. The Kier molecular flexibility index (Phi) is 7.25. The summed E-state index contributed by atoms with van der Waals surface area (Å²) < 4.78 is 28.3. The Morgan fingerprint density at radius 2 is 1.86 bits per heavy atom. The molecule has 0 saturated heterocycles. The van der Waals surface area contributed by atoms with Gasteiger partial charge in [-0.3, -0.25) is 4.79 Å². The van der Waals surface area contributed by atoms with Gasteiger partial charge in [0, 0.05) is 30.2 Å². The fourth-order valence-electron chi connectivity index (χ4n) is 4.53. The van der Waals surface area contributed by atoms with Crippen LogP contribution in [-0.4, -0.2) is 25.8 Å². The monoisotopic (exact) mass is 499 g/mol. The number of hydrogen-bond acceptors (Lipinski definition) is 7. The average molecular weight is 500 g/mol. The highest BCUT2D eigenvalue weighted by molar-refractivity contribution is 5.93. The Bertz CT molecular complexity index is 1530. The number of furan rings is 2. The molecule has 0 aliphatic rings. The van der Waals surface area contributed by atoms with E-state index in [9.17, 15) is 4.79 Å². The highest BCUT2D eigenvalue weighted by Gasteiger charge is 2.18. The molecule has 2 aromatic heterocycles. The lowest BCUT2D eigenvalue weighted by Gasteiger charge is -2.15. The van der Waals surface area contributed by atoms with Crippen LogP contribution in [0.25, 0.3) is 33.1 Å². The van der Waals surface area contributed by atoms with Crippen molar-refractivity contribution in [3.05, 3.63) is 89.9 Å². The summed E-state index contributed by atoms with van der Waals surface area (Å²) in [6.45, 7) is 2.88. The SMILES string of the molecule is COCC(C)OC(=O)Cc1ccc2occc2c1OCc1cc(-c2cccc(CN)c2)c2occc2c1. The highest BCUT2D eigenvalue weighted by atomic mass is 16.6. The molecule has 0 spiro atoms. The van der Waals surface area contributed by atoms with Crippen LogP contribution in [0.5, 0.6) is 5.75 Å². The first kappa shape index (κ1) is 24.6. The molecule has 2 N–H and O–H groups in total. The lowest BCUT2D eigenvalue weighted by molar-refractivity contribution is -0.149. The van der Waals surface area contributed by atoms with E-state index >= 15 is 0 Å². The summed E-state index contributed by atoms with van der Waals surface area (Å²) >= 11 is 0. The van der Waals surface area contributed by atoms with Crippen LogP contribution in [0.4, 0.5) is 0 Å². The molecule has 0 bridgehead atoms. The number of rotatable bonds is 10. The number of benzene rings is 3. The van der Waals surface area contributed by atoms with Gasteiger partial charge in [-0.15, -0.1) is 0 Å². The van der Waals surface area contributed by atoms with Crippen molar-refractivity contribution in [1.29, 1.82) is 0 Å². The van der Waals surface area contributed by atoms with Gasteiger partial charge < -0.3 is 28.8 Å². The molecule has 0 amide bonds. The molecule has 7 nitrogen and oxygen atoms in total. The van der Waals surface area contributed by atoms with Crippen molar-refractivity contribution >= 4 is 27.9 Å². The molecule has 37 heavy (non-hydrogen) atoms. The smallest absolute Gasteiger partial charge is 0.310 e. The Labute approximate surface area is 214 Å². The number of carbonyl (C=O) groups is 1. The normalized spacial score (nSPS) is 12.2. The molecule has 5 rings (SSSR count). The van der Waals surface area contributed by atoms with Crippen molar-refractivity contribution in [2.45, 2.75) is 32.6 Å². The lowest BCUT2D eigenvalue weighted by atomic mass is 9.99. The van der Waals surface area contributed by atoms with Crippen molar-refractivity contribution in [2.75, 3.05) is 13.7 Å². The molecule has 5 aromatic rings. The molecule has 0 fully saturated rings. The van der Waals surface area contributed by atoms with Crippen molar-refractivity contribution in [3.8, 4) is 16.9 Å². The van der Waals surface area contributed by atoms with Crippen LogP contribution in [0.15, 0.2) is 82.0 Å². The average Bonchev–Trinajstić information content (AvgIpc) is 3.57. The second-order valence-electron chi connectivity index (χ2n) is 8.99. The lowest BCUT2D eigenvalue weighted by Crippen LogP contribution is -2.21. The minimum atomic E-state index is -0.348. The zero-order valence-electron chi connectivity index (χ0n) is 20.9. The number of nitrogens with two attached hydrogens (primary N) is 1. The van der Waals surface area contributed by atoms with E-state index < -0.39 is 0 Å². The molecule has 3 aromatic carbocycles. The van der Waals surface area contributed by atoms with Gasteiger partial charge in [0.25, 0.3) is 0 Å². The summed E-state index contributed by atoms with van der Waals surface area (Å²) in [6, 6.07) is 19.7. The molecule has 2 heterocycles. The summed E-state index contributed by atoms with van der Waals surface area (Å²) in [4.78, 5) is 12.6. The Morgan fingerprint density at radius 3 is 2.70 bits per heavy atom. The van der Waals surface area contributed by atoms with Crippen LogP contribution in [0.1, 0.15) is 23.6 Å². The van der Waals surface area contributed by atoms with Gasteiger partial charge in [-0.05, 0) is 60.0 Å². The Hall–Kier alpha value is -4.07. The minimum absolute atomic E-state index is 0.0718. The van der Waals surface area contributed by atoms with Crippen LogP contribution in [0.3, 0.4) is 0 Å². The van der Waals surface area contributed by atoms with Crippen LogP contribution in [-0.2, 0) is 33.8 Å². The van der Waals surface area contributed by atoms with Crippen molar-refractivity contribution in [3.63, 3.8) is 0 Å². The summed E-state index contributed by atoms with van der Waals surface area (Å²) in [5.41, 5.74) is 12.1. The van der Waals surface area contributed by atoms with E-state index in [4.69, 9.17) is 28.8 Å². The van der Waals surface area contributed by atoms with Crippen LogP contribution >= 0.6 is 0 Å². The second kappa shape index (κ2) is 10.9. The maximum absolute atomic E-state index is 12.6. The van der Waals surface area contributed by atoms with E-state index in [-0.39, 0.29) is 25.1 Å². The van der Waals surface area contributed by atoms with E-state index in [0.29, 0.717) is 24.5 Å². The summed E-state index contributed by atoms with van der Waals surface area (Å²) in [7, 11) is 1.57. The third kappa shape index (κ3) is 5.38. The van der Waals surface area contributed by atoms with E-state index in [1.54, 1.807) is 26.6 Å². The summed E-state index contributed by atoms with van der Waals surface area (Å²) in [5, 5.41) is 1.78. The molecule has 0 radical (unpaired) electrons. The number of hydrogen-bond donors (Lipinski definition) is 1.